The van der Waals surface area contributed by atoms with Crippen molar-refractivity contribution in [2.75, 3.05) is 26.4 Å². The minimum Gasteiger partial charge on any atom is -0.461 e. The smallest absolute Gasteiger partial charge is 0.335 e. The Morgan fingerprint density at radius 3 is 1.92 bits per heavy atom. The molecule has 0 atom stereocenters. The maximum absolute atomic E-state index is 14.0. The molecule has 1 aromatic rings. The lowest BCUT2D eigenvalue weighted by Gasteiger charge is -2.19. The van der Waals surface area contributed by atoms with Gasteiger partial charge in [-0.05, 0) is 6.07 Å². The fourth-order valence-electron chi connectivity index (χ4n) is 1.75. The molecule has 1 aromatic carbocycles. The lowest BCUT2D eigenvalue weighted by atomic mass is 10.00. The Labute approximate surface area is 143 Å². The molecule has 0 bridgehead atoms. The predicted octanol–water partition coefficient (Wildman–Crippen LogP) is 1.23. The highest BCUT2D eigenvalue weighted by Crippen LogP contribution is 2.23. The van der Waals surface area contributed by atoms with Gasteiger partial charge in [-0.25, -0.2) is 18.4 Å². The van der Waals surface area contributed by atoms with Crippen LogP contribution in [0.5, 0.6) is 0 Å². The Balaban J connectivity index is 2.92. The Morgan fingerprint density at radius 2 is 1.48 bits per heavy atom. The summed E-state index contributed by atoms with van der Waals surface area (Å²) >= 11 is 0. The van der Waals surface area contributed by atoms with Gasteiger partial charge in [-0.2, -0.15) is 0 Å². The van der Waals surface area contributed by atoms with Gasteiger partial charge in [0.25, 0.3) is 0 Å². The normalized spacial score (nSPS) is 10.4. The lowest BCUT2D eigenvalue weighted by Crippen LogP contribution is -2.22. The molecule has 0 spiro atoms. The van der Waals surface area contributed by atoms with Gasteiger partial charge in [-0.15, -0.1) is 0 Å². The summed E-state index contributed by atoms with van der Waals surface area (Å²) in [5, 5.41) is 17.6. The monoisotopic (exact) mass is 356 g/mol. The van der Waals surface area contributed by atoms with Gasteiger partial charge in [-0.3, -0.25) is 0 Å². The van der Waals surface area contributed by atoms with E-state index < -0.39 is 55.9 Å². The number of carbonyl (C=O) groups is 2. The third-order valence-corrected chi connectivity index (χ3v) is 3.21. The van der Waals surface area contributed by atoms with Gasteiger partial charge in [0, 0.05) is 5.56 Å². The molecule has 0 aliphatic rings. The molecule has 0 aliphatic heterocycles. The van der Waals surface area contributed by atoms with Crippen molar-refractivity contribution < 1.29 is 38.1 Å². The summed E-state index contributed by atoms with van der Waals surface area (Å²) in [4.78, 5) is 23.1. The van der Waals surface area contributed by atoms with Crippen molar-refractivity contribution in [3.8, 4) is 0 Å². The standard InChI is InChI=1S/C17H18F2O6/c1-10(6-20)16(22)24-8-12(9-25-17(23)11(2)7-21)13-4-3-5-14(18)15(13)19/h3-5,12,20-21H,1-2,6-9H2. The van der Waals surface area contributed by atoms with E-state index in [1.54, 1.807) is 0 Å². The Morgan fingerprint density at radius 1 is 1.00 bits per heavy atom. The minimum atomic E-state index is -1.17. The van der Waals surface area contributed by atoms with Crippen LogP contribution in [0, 0.1) is 11.6 Å². The van der Waals surface area contributed by atoms with Crippen LogP contribution >= 0.6 is 0 Å². The topological polar surface area (TPSA) is 93.1 Å². The summed E-state index contributed by atoms with van der Waals surface area (Å²) in [5.41, 5.74) is -0.599. The number of rotatable bonds is 9. The molecule has 25 heavy (non-hydrogen) atoms. The number of ether oxygens (including phenoxy) is 2. The van der Waals surface area contributed by atoms with Crippen LogP contribution in [0.25, 0.3) is 0 Å². The molecule has 136 valence electrons. The molecule has 6 nitrogen and oxygen atoms in total. The summed E-state index contributed by atoms with van der Waals surface area (Å²) in [7, 11) is 0. The Bertz CT molecular complexity index is 639. The van der Waals surface area contributed by atoms with Crippen LogP contribution in [-0.2, 0) is 19.1 Å². The summed E-state index contributed by atoms with van der Waals surface area (Å²) in [6.07, 6.45) is 0. The number of carbonyl (C=O) groups excluding carboxylic acids is 2. The minimum absolute atomic E-state index is 0.162. The van der Waals surface area contributed by atoms with Crippen molar-refractivity contribution in [2.45, 2.75) is 5.92 Å². The number of halogens is 2. The maximum atomic E-state index is 14.0. The number of benzene rings is 1. The van der Waals surface area contributed by atoms with Gasteiger partial charge in [0.15, 0.2) is 11.6 Å². The van der Waals surface area contributed by atoms with Gasteiger partial charge < -0.3 is 19.7 Å². The first-order chi connectivity index (χ1) is 11.8. The highest BCUT2D eigenvalue weighted by molar-refractivity contribution is 5.88. The summed E-state index contributed by atoms with van der Waals surface area (Å²) in [5.74, 6) is -5.13. The quantitative estimate of drug-likeness (QED) is 0.511. The molecule has 0 aliphatic carbocycles. The van der Waals surface area contributed by atoms with Gasteiger partial charge in [0.05, 0.1) is 30.3 Å². The fraction of sp³-hybridized carbons (Fsp3) is 0.294. The Hall–Kier alpha value is -2.58. The van der Waals surface area contributed by atoms with Crippen molar-refractivity contribution >= 4 is 11.9 Å². The zero-order chi connectivity index (χ0) is 19.0. The second-order valence-corrected chi connectivity index (χ2v) is 5.06. The number of hydrogen-bond acceptors (Lipinski definition) is 6. The van der Waals surface area contributed by atoms with Gasteiger partial charge in [-0.1, -0.05) is 25.3 Å². The molecular weight excluding hydrogens is 338 g/mol. The van der Waals surface area contributed by atoms with Crippen molar-refractivity contribution in [2.24, 2.45) is 0 Å². The van der Waals surface area contributed by atoms with E-state index in [0.717, 1.165) is 6.07 Å². The van der Waals surface area contributed by atoms with E-state index >= 15 is 0 Å². The zero-order valence-corrected chi connectivity index (χ0v) is 13.3. The van der Waals surface area contributed by atoms with Crippen LogP contribution < -0.4 is 0 Å². The third kappa shape index (κ3) is 5.77. The van der Waals surface area contributed by atoms with E-state index in [2.05, 4.69) is 13.2 Å². The predicted molar refractivity (Wildman–Crippen MR) is 83.5 cm³/mol. The van der Waals surface area contributed by atoms with Gasteiger partial charge >= 0.3 is 11.9 Å². The SMILES string of the molecule is C=C(CO)C(=O)OCC(COC(=O)C(=C)CO)c1cccc(F)c1F. The van der Waals surface area contributed by atoms with E-state index in [1.807, 2.05) is 0 Å². The first-order valence-corrected chi connectivity index (χ1v) is 7.17. The molecule has 0 radical (unpaired) electrons. The van der Waals surface area contributed by atoms with Crippen molar-refractivity contribution in [1.82, 2.24) is 0 Å². The zero-order valence-electron chi connectivity index (χ0n) is 13.3. The van der Waals surface area contributed by atoms with Crippen LogP contribution in [0.15, 0.2) is 42.5 Å². The number of aliphatic hydroxyl groups excluding tert-OH is 2. The largest absolute Gasteiger partial charge is 0.461 e. The second kappa shape index (κ2) is 9.65. The molecule has 0 saturated carbocycles. The van der Waals surface area contributed by atoms with Gasteiger partial charge in [0.1, 0.15) is 13.2 Å². The molecule has 0 aromatic heterocycles. The molecule has 0 fully saturated rings. The van der Waals surface area contributed by atoms with Gasteiger partial charge in [0.2, 0.25) is 0 Å². The van der Waals surface area contributed by atoms with Crippen molar-refractivity contribution in [3.63, 3.8) is 0 Å². The van der Waals surface area contributed by atoms with E-state index in [-0.39, 0.29) is 16.7 Å². The molecule has 0 heterocycles. The van der Waals surface area contributed by atoms with Crippen LogP contribution in [0.1, 0.15) is 11.5 Å². The Kier molecular flexibility index (Phi) is 7.90. The van der Waals surface area contributed by atoms with Crippen molar-refractivity contribution in [3.05, 3.63) is 59.7 Å². The van der Waals surface area contributed by atoms with Crippen LogP contribution in [-0.4, -0.2) is 48.6 Å². The highest BCUT2D eigenvalue weighted by Gasteiger charge is 2.23. The number of aliphatic hydroxyl groups is 2. The average Bonchev–Trinajstić information content (AvgIpc) is 2.62. The van der Waals surface area contributed by atoms with E-state index in [0.29, 0.717) is 0 Å². The average molecular weight is 356 g/mol. The van der Waals surface area contributed by atoms with Crippen LogP contribution in [0.2, 0.25) is 0 Å². The van der Waals surface area contributed by atoms with Crippen LogP contribution in [0.4, 0.5) is 8.78 Å². The maximum Gasteiger partial charge on any atom is 0.335 e. The first-order valence-electron chi connectivity index (χ1n) is 7.17. The highest BCUT2D eigenvalue weighted by atomic mass is 19.2. The molecule has 8 heteroatoms. The van der Waals surface area contributed by atoms with Crippen molar-refractivity contribution in [1.29, 1.82) is 0 Å². The molecule has 0 unspecified atom stereocenters. The van der Waals surface area contributed by atoms with E-state index in [4.69, 9.17) is 19.7 Å². The molecule has 1 rings (SSSR count). The molecule has 0 amide bonds. The second-order valence-electron chi connectivity index (χ2n) is 5.06. The molecule has 0 saturated heterocycles. The summed E-state index contributed by atoms with van der Waals surface area (Å²) in [6.45, 7) is 4.42. The molecule has 2 N–H and O–H groups in total. The fourth-order valence-corrected chi connectivity index (χ4v) is 1.75. The van der Waals surface area contributed by atoms with Crippen LogP contribution in [0.3, 0.4) is 0 Å². The third-order valence-electron chi connectivity index (χ3n) is 3.21. The van der Waals surface area contributed by atoms with E-state index in [9.17, 15) is 18.4 Å². The van der Waals surface area contributed by atoms with E-state index in [1.165, 1.54) is 12.1 Å². The molecular formula is C17H18F2O6. The lowest BCUT2D eigenvalue weighted by molar-refractivity contribution is -0.143. The summed E-state index contributed by atoms with van der Waals surface area (Å²) in [6, 6.07) is 3.42. The number of hydrogen-bond donors (Lipinski definition) is 2. The summed E-state index contributed by atoms with van der Waals surface area (Å²) < 4.78 is 37.1. The first kappa shape index (κ1) is 20.5. The number of esters is 2.